The minimum atomic E-state index is -4.58. The van der Waals surface area contributed by atoms with Crippen LogP contribution >= 0.6 is 0 Å². The maximum atomic E-state index is 13.1. The lowest BCUT2D eigenvalue weighted by Gasteiger charge is -2.23. The maximum absolute atomic E-state index is 13.1. The van der Waals surface area contributed by atoms with Crippen LogP contribution in [-0.4, -0.2) is 29.2 Å². The van der Waals surface area contributed by atoms with Gasteiger partial charge < -0.3 is 14.4 Å². The molecule has 8 heteroatoms. The molecule has 0 spiro atoms. The first-order chi connectivity index (χ1) is 12.3. The van der Waals surface area contributed by atoms with Gasteiger partial charge in [0.15, 0.2) is 0 Å². The molecule has 0 unspecified atom stereocenters. The van der Waals surface area contributed by atoms with Gasteiger partial charge in [0.1, 0.15) is 11.3 Å². The van der Waals surface area contributed by atoms with Crippen LogP contribution in [0.15, 0.2) is 30.5 Å². The van der Waals surface area contributed by atoms with Gasteiger partial charge in [-0.3, -0.25) is 0 Å². The molecule has 0 atom stereocenters. The quantitative estimate of drug-likeness (QED) is 0.699. The summed E-state index contributed by atoms with van der Waals surface area (Å²) >= 11 is 0. The number of ether oxygens (including phenoxy) is 2. The van der Waals surface area contributed by atoms with Crippen molar-refractivity contribution in [2.75, 3.05) is 18.1 Å². The summed E-state index contributed by atoms with van der Waals surface area (Å²) in [6.07, 6.45) is -3.82. The fourth-order valence-electron chi connectivity index (χ4n) is 2.37. The Morgan fingerprint density at radius 2 is 1.92 bits per heavy atom. The van der Waals surface area contributed by atoms with Gasteiger partial charge in [-0.1, -0.05) is 6.07 Å². The molecule has 26 heavy (non-hydrogen) atoms. The molecule has 0 aliphatic rings. The third kappa shape index (κ3) is 4.77. The van der Waals surface area contributed by atoms with Gasteiger partial charge in [-0.05, 0) is 39.8 Å². The number of benzene rings is 1. The fourth-order valence-corrected chi connectivity index (χ4v) is 2.37. The number of hydrogen-bond acceptors (Lipinski definition) is 5. The van der Waals surface area contributed by atoms with Crippen LogP contribution in [0.1, 0.15) is 33.3 Å². The number of anilines is 2. The summed E-state index contributed by atoms with van der Waals surface area (Å²) in [5, 5.41) is 0. The molecule has 2 aromatic rings. The highest BCUT2D eigenvalue weighted by molar-refractivity contribution is 5.59. The van der Waals surface area contributed by atoms with Gasteiger partial charge in [-0.2, -0.15) is 18.2 Å². The summed E-state index contributed by atoms with van der Waals surface area (Å²) in [4.78, 5) is 9.59. The molecular formula is C18H22F3N3O2. The second-order valence-corrected chi connectivity index (χ2v) is 5.73. The second-order valence-electron chi connectivity index (χ2n) is 5.73. The Hall–Kier alpha value is -2.51. The Bertz CT molecular complexity index is 736. The summed E-state index contributed by atoms with van der Waals surface area (Å²) in [7, 11) is 0. The van der Waals surface area contributed by atoms with E-state index in [1.165, 1.54) is 0 Å². The van der Waals surface area contributed by atoms with E-state index in [0.29, 0.717) is 18.0 Å². The van der Waals surface area contributed by atoms with E-state index in [2.05, 4.69) is 9.97 Å². The Morgan fingerprint density at radius 1 is 1.19 bits per heavy atom. The highest BCUT2D eigenvalue weighted by atomic mass is 19.4. The molecule has 5 nitrogen and oxygen atoms in total. The summed E-state index contributed by atoms with van der Waals surface area (Å²) in [5.74, 6) is 0.316. The summed E-state index contributed by atoms with van der Waals surface area (Å²) in [5.41, 5.74) is -0.274. The van der Waals surface area contributed by atoms with Crippen molar-refractivity contribution in [3.63, 3.8) is 0 Å². The van der Waals surface area contributed by atoms with E-state index in [9.17, 15) is 13.2 Å². The van der Waals surface area contributed by atoms with Gasteiger partial charge >= 0.3 is 6.18 Å². The monoisotopic (exact) mass is 369 g/mol. The molecule has 1 aromatic carbocycles. The number of aromatic nitrogens is 2. The van der Waals surface area contributed by atoms with Crippen molar-refractivity contribution >= 4 is 11.6 Å². The zero-order chi connectivity index (χ0) is 19.3. The zero-order valence-corrected chi connectivity index (χ0v) is 15.2. The van der Waals surface area contributed by atoms with Crippen LogP contribution in [0.2, 0.25) is 0 Å². The van der Waals surface area contributed by atoms with Crippen molar-refractivity contribution in [2.24, 2.45) is 0 Å². The van der Waals surface area contributed by atoms with Crippen LogP contribution in [0.3, 0.4) is 0 Å². The summed E-state index contributed by atoms with van der Waals surface area (Å²) in [6, 6.07) is 7.24. The number of hydrogen-bond donors (Lipinski definition) is 0. The topological polar surface area (TPSA) is 47.5 Å². The van der Waals surface area contributed by atoms with Crippen molar-refractivity contribution in [3.8, 4) is 11.6 Å². The minimum Gasteiger partial charge on any atom is -0.491 e. The van der Waals surface area contributed by atoms with Crippen LogP contribution in [0, 0.1) is 0 Å². The first kappa shape index (κ1) is 19.8. The number of halogens is 3. The fraction of sp³-hybridized carbons (Fsp3) is 0.444. The molecular weight excluding hydrogens is 347 g/mol. The second kappa shape index (κ2) is 8.25. The van der Waals surface area contributed by atoms with Crippen molar-refractivity contribution in [1.29, 1.82) is 0 Å². The lowest BCUT2D eigenvalue weighted by molar-refractivity contribution is -0.139. The molecule has 0 radical (unpaired) electrons. The van der Waals surface area contributed by atoms with Gasteiger partial charge in [0.05, 0.1) is 12.7 Å². The van der Waals surface area contributed by atoms with E-state index in [0.717, 1.165) is 6.20 Å². The Kier molecular flexibility index (Phi) is 6.28. The predicted molar refractivity (Wildman–Crippen MR) is 93.1 cm³/mol. The molecule has 0 N–H and O–H groups in total. The van der Waals surface area contributed by atoms with Crippen molar-refractivity contribution < 1.29 is 22.6 Å². The van der Waals surface area contributed by atoms with Crippen LogP contribution in [0.25, 0.3) is 0 Å². The third-order valence-electron chi connectivity index (χ3n) is 3.39. The maximum Gasteiger partial charge on any atom is 0.423 e. The van der Waals surface area contributed by atoms with Crippen LogP contribution in [-0.2, 0) is 6.18 Å². The highest BCUT2D eigenvalue weighted by Crippen LogP contribution is 2.36. The Morgan fingerprint density at radius 3 is 2.50 bits per heavy atom. The number of rotatable bonds is 7. The molecule has 0 aliphatic heterocycles. The van der Waals surface area contributed by atoms with Crippen LogP contribution < -0.4 is 14.4 Å². The van der Waals surface area contributed by atoms with Crippen LogP contribution in [0.5, 0.6) is 11.6 Å². The smallest absolute Gasteiger partial charge is 0.423 e. The van der Waals surface area contributed by atoms with E-state index < -0.39 is 17.6 Å². The SMILES string of the molecule is CCOc1nc(N(CC)c2cccc(OC(C)C)c2)ncc1C(F)(F)F. The van der Waals surface area contributed by atoms with Crippen molar-refractivity contribution in [2.45, 2.75) is 40.0 Å². The van der Waals surface area contributed by atoms with Crippen molar-refractivity contribution in [1.82, 2.24) is 9.97 Å². The van der Waals surface area contributed by atoms with Crippen LogP contribution in [0.4, 0.5) is 24.8 Å². The first-order valence-corrected chi connectivity index (χ1v) is 8.37. The molecule has 0 amide bonds. The van der Waals surface area contributed by atoms with E-state index in [1.807, 2.05) is 39.0 Å². The molecule has 142 valence electrons. The predicted octanol–water partition coefficient (Wildman–Crippen LogP) is 4.84. The average Bonchev–Trinajstić information content (AvgIpc) is 2.55. The number of alkyl halides is 3. The first-order valence-electron chi connectivity index (χ1n) is 8.37. The molecule has 0 saturated carbocycles. The normalized spacial score (nSPS) is 11.5. The largest absolute Gasteiger partial charge is 0.491 e. The third-order valence-corrected chi connectivity index (χ3v) is 3.39. The summed E-state index contributed by atoms with van der Waals surface area (Å²) in [6.45, 7) is 7.82. The molecule has 1 aromatic heterocycles. The molecule has 1 heterocycles. The van der Waals surface area contributed by atoms with Gasteiger partial charge in [-0.25, -0.2) is 4.98 Å². The van der Waals surface area contributed by atoms with Gasteiger partial charge in [-0.15, -0.1) is 0 Å². The van der Waals surface area contributed by atoms with E-state index >= 15 is 0 Å². The lowest BCUT2D eigenvalue weighted by Crippen LogP contribution is -2.21. The highest BCUT2D eigenvalue weighted by Gasteiger charge is 2.36. The van der Waals surface area contributed by atoms with Gasteiger partial charge in [0.2, 0.25) is 11.8 Å². The van der Waals surface area contributed by atoms with E-state index in [1.54, 1.807) is 17.9 Å². The summed E-state index contributed by atoms with van der Waals surface area (Å²) < 4.78 is 50.0. The number of nitrogens with zero attached hydrogens (tertiary/aromatic N) is 3. The molecule has 2 rings (SSSR count). The van der Waals surface area contributed by atoms with Crippen molar-refractivity contribution in [3.05, 3.63) is 36.0 Å². The molecule has 0 fully saturated rings. The zero-order valence-electron chi connectivity index (χ0n) is 15.2. The Labute approximate surface area is 150 Å². The Balaban J connectivity index is 2.42. The van der Waals surface area contributed by atoms with E-state index in [-0.39, 0.29) is 18.7 Å². The standard InChI is InChI=1S/C18H22F3N3O2/c1-5-24(13-8-7-9-14(10-13)26-12(3)4)17-22-11-15(18(19,20)21)16(23-17)25-6-2/h7-12H,5-6H2,1-4H3. The van der Waals surface area contributed by atoms with E-state index in [4.69, 9.17) is 9.47 Å². The minimum absolute atomic E-state index is 0.00667. The molecule has 0 aliphatic carbocycles. The molecule has 0 saturated heterocycles. The average molecular weight is 369 g/mol. The lowest BCUT2D eigenvalue weighted by atomic mass is 10.2. The van der Waals surface area contributed by atoms with Gasteiger partial charge in [0, 0.05) is 24.5 Å². The van der Waals surface area contributed by atoms with Gasteiger partial charge in [0.25, 0.3) is 0 Å². The molecule has 0 bridgehead atoms.